The fourth-order valence-electron chi connectivity index (χ4n) is 1.79. The van der Waals surface area contributed by atoms with Crippen molar-refractivity contribution < 1.29 is 4.79 Å². The van der Waals surface area contributed by atoms with E-state index in [1.165, 1.54) is 11.3 Å². The first-order valence-electron chi connectivity index (χ1n) is 5.57. The lowest BCUT2D eigenvalue weighted by Crippen LogP contribution is -2.29. The molecular formula is C10H16N4OS. The minimum absolute atomic E-state index is 0.249. The smallest absolute Gasteiger partial charge is 0.222 e. The second-order valence-corrected chi connectivity index (χ2v) is 4.94. The second-order valence-electron chi connectivity index (χ2n) is 3.88. The number of carbonyl (C=O) groups excluding carboxylic acids is 1. The molecule has 1 aromatic heterocycles. The van der Waals surface area contributed by atoms with Gasteiger partial charge in [-0.1, -0.05) is 17.8 Å². The van der Waals surface area contributed by atoms with Crippen molar-refractivity contribution in [1.29, 1.82) is 0 Å². The van der Waals surface area contributed by atoms with Crippen LogP contribution < -0.4 is 5.32 Å². The van der Waals surface area contributed by atoms with Crippen molar-refractivity contribution in [3.05, 3.63) is 5.01 Å². The highest BCUT2D eigenvalue weighted by molar-refractivity contribution is 7.15. The SMILES string of the molecule is CNc1nnc(CN2CCCCCC2=O)s1. The molecule has 5 nitrogen and oxygen atoms in total. The van der Waals surface area contributed by atoms with Gasteiger partial charge in [-0.25, -0.2) is 0 Å². The number of nitrogens with zero attached hydrogens (tertiary/aromatic N) is 3. The van der Waals surface area contributed by atoms with E-state index in [1.54, 1.807) is 0 Å². The largest absolute Gasteiger partial charge is 0.363 e. The normalized spacial score (nSPS) is 17.3. The number of carbonyl (C=O) groups is 1. The molecule has 16 heavy (non-hydrogen) atoms. The summed E-state index contributed by atoms with van der Waals surface area (Å²) in [4.78, 5) is 13.7. The quantitative estimate of drug-likeness (QED) is 0.869. The highest BCUT2D eigenvalue weighted by atomic mass is 32.1. The Balaban J connectivity index is 1.99. The molecule has 0 saturated carbocycles. The molecule has 0 aliphatic carbocycles. The Morgan fingerprint density at radius 3 is 3.00 bits per heavy atom. The van der Waals surface area contributed by atoms with Gasteiger partial charge < -0.3 is 10.2 Å². The molecule has 2 heterocycles. The number of amides is 1. The summed E-state index contributed by atoms with van der Waals surface area (Å²) in [6.07, 6.45) is 3.95. The molecule has 88 valence electrons. The van der Waals surface area contributed by atoms with Gasteiger partial charge in [0.15, 0.2) is 0 Å². The number of likely N-dealkylation sites (tertiary alicyclic amines) is 1. The van der Waals surface area contributed by atoms with Crippen LogP contribution in [0.5, 0.6) is 0 Å². The molecule has 1 aliphatic heterocycles. The summed E-state index contributed by atoms with van der Waals surface area (Å²) < 4.78 is 0. The molecule has 1 aromatic rings. The van der Waals surface area contributed by atoms with E-state index < -0.39 is 0 Å². The van der Waals surface area contributed by atoms with Gasteiger partial charge in [-0.15, -0.1) is 10.2 Å². The van der Waals surface area contributed by atoms with Crippen LogP contribution in [0.15, 0.2) is 0 Å². The van der Waals surface area contributed by atoms with E-state index in [9.17, 15) is 4.79 Å². The van der Waals surface area contributed by atoms with Crippen LogP contribution in [0.25, 0.3) is 0 Å². The number of anilines is 1. The summed E-state index contributed by atoms with van der Waals surface area (Å²) in [7, 11) is 1.82. The van der Waals surface area contributed by atoms with E-state index in [0.717, 1.165) is 35.9 Å². The molecule has 0 radical (unpaired) electrons. The molecule has 1 saturated heterocycles. The molecule has 1 N–H and O–H groups in total. The van der Waals surface area contributed by atoms with Crippen LogP contribution in [0.2, 0.25) is 0 Å². The van der Waals surface area contributed by atoms with Crippen molar-refractivity contribution in [2.24, 2.45) is 0 Å². The minimum atomic E-state index is 0.249. The second kappa shape index (κ2) is 5.25. The predicted molar refractivity (Wildman–Crippen MR) is 63.3 cm³/mol. The molecule has 0 spiro atoms. The number of hydrogen-bond acceptors (Lipinski definition) is 5. The standard InChI is InChI=1S/C10H16N4OS/c1-11-10-13-12-8(16-10)7-14-6-4-2-3-5-9(14)15/h2-7H2,1H3,(H,11,13). The Labute approximate surface area is 98.9 Å². The molecule has 2 rings (SSSR count). The topological polar surface area (TPSA) is 58.1 Å². The first-order chi connectivity index (χ1) is 7.79. The fraction of sp³-hybridized carbons (Fsp3) is 0.700. The summed E-state index contributed by atoms with van der Waals surface area (Å²) in [5, 5.41) is 12.7. The number of hydrogen-bond donors (Lipinski definition) is 1. The molecule has 1 aliphatic rings. The summed E-state index contributed by atoms with van der Waals surface area (Å²) in [5.41, 5.74) is 0. The van der Waals surface area contributed by atoms with Crippen molar-refractivity contribution in [3.8, 4) is 0 Å². The van der Waals surface area contributed by atoms with E-state index in [1.807, 2.05) is 11.9 Å². The van der Waals surface area contributed by atoms with E-state index >= 15 is 0 Å². The Hall–Kier alpha value is -1.17. The van der Waals surface area contributed by atoms with Gasteiger partial charge in [-0.2, -0.15) is 0 Å². The molecule has 0 aromatic carbocycles. The van der Waals surface area contributed by atoms with Gasteiger partial charge in [-0.3, -0.25) is 4.79 Å². The van der Waals surface area contributed by atoms with Crippen LogP contribution in [0, 0.1) is 0 Å². The third-order valence-electron chi connectivity index (χ3n) is 2.68. The lowest BCUT2D eigenvalue weighted by molar-refractivity contribution is -0.131. The first kappa shape index (κ1) is 11.3. The van der Waals surface area contributed by atoms with E-state index in [4.69, 9.17) is 0 Å². The zero-order chi connectivity index (χ0) is 11.4. The first-order valence-corrected chi connectivity index (χ1v) is 6.39. The van der Waals surface area contributed by atoms with Crippen LogP contribution in [-0.4, -0.2) is 34.6 Å². The van der Waals surface area contributed by atoms with Gasteiger partial charge in [0.1, 0.15) is 5.01 Å². The van der Waals surface area contributed by atoms with Gasteiger partial charge in [0.25, 0.3) is 0 Å². The number of nitrogens with one attached hydrogen (secondary N) is 1. The molecule has 0 bridgehead atoms. The fourth-order valence-corrected chi connectivity index (χ4v) is 2.50. The number of aromatic nitrogens is 2. The highest BCUT2D eigenvalue weighted by Crippen LogP contribution is 2.19. The Kier molecular flexibility index (Phi) is 3.71. The lowest BCUT2D eigenvalue weighted by Gasteiger charge is -2.18. The Bertz CT molecular complexity index is 365. The molecule has 0 atom stereocenters. The van der Waals surface area contributed by atoms with Crippen LogP contribution in [-0.2, 0) is 11.3 Å². The molecule has 1 fully saturated rings. The maximum absolute atomic E-state index is 11.8. The van der Waals surface area contributed by atoms with E-state index in [2.05, 4.69) is 15.5 Å². The zero-order valence-corrected chi connectivity index (χ0v) is 10.2. The molecule has 6 heteroatoms. The van der Waals surface area contributed by atoms with Crippen LogP contribution in [0.1, 0.15) is 30.7 Å². The number of rotatable bonds is 3. The van der Waals surface area contributed by atoms with Crippen LogP contribution in [0.4, 0.5) is 5.13 Å². The zero-order valence-electron chi connectivity index (χ0n) is 9.40. The van der Waals surface area contributed by atoms with Gasteiger partial charge in [-0.05, 0) is 12.8 Å². The van der Waals surface area contributed by atoms with Crippen molar-refractivity contribution in [2.45, 2.75) is 32.2 Å². The monoisotopic (exact) mass is 240 g/mol. The van der Waals surface area contributed by atoms with Gasteiger partial charge in [0.05, 0.1) is 6.54 Å². The lowest BCUT2D eigenvalue weighted by atomic mass is 10.2. The third-order valence-corrected chi connectivity index (χ3v) is 3.60. The average molecular weight is 240 g/mol. The molecule has 0 unspecified atom stereocenters. The average Bonchev–Trinajstić information content (AvgIpc) is 2.65. The van der Waals surface area contributed by atoms with Crippen LogP contribution in [0.3, 0.4) is 0 Å². The summed E-state index contributed by atoms with van der Waals surface area (Å²) in [6.45, 7) is 1.46. The van der Waals surface area contributed by atoms with Crippen molar-refractivity contribution >= 4 is 22.4 Å². The van der Waals surface area contributed by atoms with Crippen molar-refractivity contribution in [3.63, 3.8) is 0 Å². The summed E-state index contributed by atoms with van der Waals surface area (Å²) >= 11 is 1.51. The maximum Gasteiger partial charge on any atom is 0.222 e. The summed E-state index contributed by atoms with van der Waals surface area (Å²) in [6, 6.07) is 0. The minimum Gasteiger partial charge on any atom is -0.363 e. The van der Waals surface area contributed by atoms with E-state index in [-0.39, 0.29) is 5.91 Å². The third kappa shape index (κ3) is 2.69. The highest BCUT2D eigenvalue weighted by Gasteiger charge is 2.18. The maximum atomic E-state index is 11.8. The molecular weight excluding hydrogens is 224 g/mol. The predicted octanol–water partition coefficient (Wildman–Crippen LogP) is 1.48. The van der Waals surface area contributed by atoms with Crippen molar-refractivity contribution in [2.75, 3.05) is 18.9 Å². The van der Waals surface area contributed by atoms with E-state index in [0.29, 0.717) is 13.0 Å². The van der Waals surface area contributed by atoms with Gasteiger partial charge in [0, 0.05) is 20.0 Å². The van der Waals surface area contributed by atoms with Gasteiger partial charge >= 0.3 is 0 Å². The summed E-state index contributed by atoms with van der Waals surface area (Å²) in [5.74, 6) is 0.249. The van der Waals surface area contributed by atoms with Crippen molar-refractivity contribution in [1.82, 2.24) is 15.1 Å². The van der Waals surface area contributed by atoms with Gasteiger partial charge in [0.2, 0.25) is 11.0 Å². The molecule has 1 amide bonds. The van der Waals surface area contributed by atoms with Crippen LogP contribution >= 0.6 is 11.3 Å². The Morgan fingerprint density at radius 2 is 2.25 bits per heavy atom. The Morgan fingerprint density at radius 1 is 1.38 bits per heavy atom.